The van der Waals surface area contributed by atoms with Gasteiger partial charge in [0, 0.05) is 52.9 Å². The first-order valence-corrected chi connectivity index (χ1v) is 18.1. The van der Waals surface area contributed by atoms with Crippen molar-refractivity contribution in [2.24, 2.45) is 14.1 Å². The van der Waals surface area contributed by atoms with Gasteiger partial charge >= 0.3 is 0 Å². The second kappa shape index (κ2) is 12.8. The highest BCUT2D eigenvalue weighted by Gasteiger charge is 2.42. The van der Waals surface area contributed by atoms with Gasteiger partial charge < -0.3 is 13.9 Å². The van der Waals surface area contributed by atoms with Crippen molar-refractivity contribution < 1.29 is 9.53 Å². The number of amides is 1. The Kier molecular flexibility index (Phi) is 8.38. The Morgan fingerprint density at radius 1 is 0.981 bits per heavy atom. The normalized spacial score (nSPS) is 16.0. The van der Waals surface area contributed by atoms with Gasteiger partial charge in [-0.15, -0.1) is 15.0 Å². The molecule has 0 radical (unpaired) electrons. The van der Waals surface area contributed by atoms with Gasteiger partial charge in [0.2, 0.25) is 0 Å². The average Bonchev–Trinajstić information content (AvgIpc) is 3.90. The molecule has 3 aromatic carbocycles. The van der Waals surface area contributed by atoms with Crippen LogP contribution in [0, 0.1) is 27.7 Å². The highest BCUT2D eigenvalue weighted by Crippen LogP contribution is 2.46. The van der Waals surface area contributed by atoms with Crippen molar-refractivity contribution in [2.75, 3.05) is 11.5 Å². The number of carbonyl (C=O) groups is 1. The summed E-state index contributed by atoms with van der Waals surface area (Å²) in [7, 11) is 3.93. The third-order valence-corrected chi connectivity index (χ3v) is 11.6. The van der Waals surface area contributed by atoms with E-state index in [1.54, 1.807) is 4.90 Å². The van der Waals surface area contributed by atoms with Gasteiger partial charge in [0.25, 0.3) is 5.91 Å². The number of para-hydroxylation sites is 1. The van der Waals surface area contributed by atoms with Gasteiger partial charge in [0.15, 0.2) is 6.33 Å². The van der Waals surface area contributed by atoms with Crippen molar-refractivity contribution in [1.29, 1.82) is 0 Å². The Balaban J connectivity index is 1.27. The highest BCUT2D eigenvalue weighted by molar-refractivity contribution is 6.32. The molecule has 7 aromatic rings. The summed E-state index contributed by atoms with van der Waals surface area (Å²) in [5.74, 6) is 0.627. The van der Waals surface area contributed by atoms with E-state index in [2.05, 4.69) is 52.0 Å². The second-order valence-corrected chi connectivity index (χ2v) is 14.6. The van der Waals surface area contributed by atoms with Gasteiger partial charge in [-0.2, -0.15) is 5.10 Å². The van der Waals surface area contributed by atoms with Crippen LogP contribution in [-0.2, 0) is 20.5 Å². The average molecular weight is 737 g/mol. The SMILES string of the molecule is Cc1cc(OCCCc2c3n(c4c(-c5c(C)nn(C)c5C)cccc24)C(C)[C@@H](Cl)N(c2cn(C)c4ccc(-n5ncnn5)cc24)C3=O)cc(C)c1Cl. The van der Waals surface area contributed by atoms with Crippen molar-refractivity contribution in [3.8, 4) is 22.6 Å². The molecule has 11 nitrogen and oxygen atoms in total. The maximum atomic E-state index is 15.2. The zero-order chi connectivity index (χ0) is 36.6. The Bertz CT molecular complexity index is 2510. The molecule has 2 atom stereocenters. The van der Waals surface area contributed by atoms with Crippen molar-refractivity contribution in [3.63, 3.8) is 0 Å². The number of nitrogens with zero attached hydrogens (tertiary/aromatic N) is 9. The van der Waals surface area contributed by atoms with Gasteiger partial charge in [0.05, 0.1) is 40.8 Å². The Morgan fingerprint density at radius 3 is 2.44 bits per heavy atom. The van der Waals surface area contributed by atoms with Gasteiger partial charge in [-0.1, -0.05) is 41.4 Å². The first-order chi connectivity index (χ1) is 25.0. The number of fused-ring (bicyclic) bond motifs is 4. The minimum Gasteiger partial charge on any atom is -0.494 e. The lowest BCUT2D eigenvalue weighted by atomic mass is 9.98. The molecule has 1 amide bonds. The van der Waals surface area contributed by atoms with Crippen LogP contribution in [-0.4, -0.2) is 57.1 Å². The number of ether oxygens (including phenoxy) is 1. The fourth-order valence-electron chi connectivity index (χ4n) is 7.89. The first-order valence-electron chi connectivity index (χ1n) is 17.3. The van der Waals surface area contributed by atoms with Crippen LogP contribution in [0.25, 0.3) is 38.6 Å². The lowest BCUT2D eigenvalue weighted by Crippen LogP contribution is -2.47. The molecular formula is C39H39Cl2N9O2. The van der Waals surface area contributed by atoms with Crippen LogP contribution >= 0.6 is 23.2 Å². The van der Waals surface area contributed by atoms with Crippen LogP contribution in [0.1, 0.15) is 58.0 Å². The first kappa shape index (κ1) is 34.0. The summed E-state index contributed by atoms with van der Waals surface area (Å²) >= 11 is 13.9. The Morgan fingerprint density at radius 2 is 1.75 bits per heavy atom. The predicted octanol–water partition coefficient (Wildman–Crippen LogP) is 8.19. The number of rotatable bonds is 8. The van der Waals surface area contributed by atoms with Crippen LogP contribution in [0.3, 0.4) is 0 Å². The zero-order valence-corrected chi connectivity index (χ0v) is 31.7. The number of halogens is 2. The molecule has 1 aliphatic heterocycles. The molecule has 0 fully saturated rings. The molecule has 4 aromatic heterocycles. The van der Waals surface area contributed by atoms with E-state index in [1.807, 2.05) is 80.6 Å². The van der Waals surface area contributed by atoms with Gasteiger partial charge in [-0.05, 0) is 99.7 Å². The number of anilines is 1. The highest BCUT2D eigenvalue weighted by atomic mass is 35.5. The van der Waals surface area contributed by atoms with Crippen LogP contribution in [0.2, 0.25) is 5.02 Å². The summed E-state index contributed by atoms with van der Waals surface area (Å²) in [6.45, 7) is 10.6. The van der Waals surface area contributed by atoms with Gasteiger partial charge in [-0.25, -0.2) is 0 Å². The summed E-state index contributed by atoms with van der Waals surface area (Å²) in [6.07, 6.45) is 4.68. The molecule has 0 aliphatic carbocycles. The topological polar surface area (TPSA) is 101 Å². The van der Waals surface area contributed by atoms with Crippen LogP contribution in [0.15, 0.2) is 61.1 Å². The molecule has 52 heavy (non-hydrogen) atoms. The molecule has 266 valence electrons. The van der Waals surface area contributed by atoms with Crippen LogP contribution in [0.5, 0.6) is 5.75 Å². The monoisotopic (exact) mass is 735 g/mol. The predicted molar refractivity (Wildman–Crippen MR) is 205 cm³/mol. The van der Waals surface area contributed by atoms with Crippen molar-refractivity contribution in [2.45, 2.75) is 59.0 Å². The fourth-order valence-corrected chi connectivity index (χ4v) is 8.30. The molecule has 13 heteroatoms. The summed E-state index contributed by atoms with van der Waals surface area (Å²) in [6, 6.07) is 15.9. The molecule has 0 saturated carbocycles. The quantitative estimate of drug-likeness (QED) is 0.0887. The maximum Gasteiger partial charge on any atom is 0.276 e. The third-order valence-electron chi connectivity index (χ3n) is 10.4. The summed E-state index contributed by atoms with van der Waals surface area (Å²) in [4.78, 5) is 18.4. The van der Waals surface area contributed by atoms with E-state index in [1.165, 1.54) is 11.1 Å². The summed E-state index contributed by atoms with van der Waals surface area (Å²) in [5.41, 5.74) is 10.3. The number of hydrogen-bond acceptors (Lipinski definition) is 6. The summed E-state index contributed by atoms with van der Waals surface area (Å²) in [5, 5.41) is 19.6. The largest absolute Gasteiger partial charge is 0.494 e. The molecule has 8 rings (SSSR count). The lowest BCUT2D eigenvalue weighted by Gasteiger charge is -2.38. The van der Waals surface area contributed by atoms with Crippen LogP contribution < -0.4 is 9.64 Å². The standard InChI is InChI=1S/C39H39Cl2N9O2/c1-21-16-27(17-22(2)35(21)40)52-15-9-12-29-28-10-8-11-30(34-23(3)44-47(7)24(34)4)36(28)48-25(5)38(41)49(39(51)37(29)48)33-19-46(6)32-14-13-26(18-31(32)33)50-43-20-42-45-50/h8,10-11,13-14,16-20,25,38H,9,12,15H2,1-7H3/t25?,38-/m0/s1. The minimum atomic E-state index is -0.689. The number of carbonyl (C=O) groups excluding carboxylic acids is 1. The smallest absolute Gasteiger partial charge is 0.276 e. The molecule has 1 unspecified atom stereocenters. The van der Waals surface area contributed by atoms with Gasteiger partial charge in [0.1, 0.15) is 16.9 Å². The van der Waals surface area contributed by atoms with Crippen molar-refractivity contribution in [3.05, 3.63) is 99.8 Å². The van der Waals surface area contributed by atoms with E-state index in [9.17, 15) is 0 Å². The molecule has 5 heterocycles. The lowest BCUT2D eigenvalue weighted by molar-refractivity contribution is 0.0951. The molecule has 0 bridgehead atoms. The maximum absolute atomic E-state index is 15.2. The molecule has 0 N–H and O–H groups in total. The third kappa shape index (κ3) is 5.28. The van der Waals surface area contributed by atoms with Crippen molar-refractivity contribution >= 4 is 56.6 Å². The molecule has 0 saturated heterocycles. The fraction of sp³-hybridized carbons (Fsp3) is 0.308. The van der Waals surface area contributed by atoms with Crippen LogP contribution in [0.4, 0.5) is 5.69 Å². The second-order valence-electron chi connectivity index (χ2n) is 13.7. The van der Waals surface area contributed by atoms with Crippen molar-refractivity contribution in [1.82, 2.24) is 39.1 Å². The number of benzene rings is 3. The number of hydrogen-bond donors (Lipinski definition) is 0. The zero-order valence-electron chi connectivity index (χ0n) is 30.1. The van der Waals surface area contributed by atoms with E-state index in [0.717, 1.165) is 83.2 Å². The Labute approximate surface area is 311 Å². The van der Waals surface area contributed by atoms with E-state index >= 15 is 4.79 Å². The Hall–Kier alpha value is -5.13. The minimum absolute atomic E-state index is 0.156. The van der Waals surface area contributed by atoms with E-state index < -0.39 is 5.50 Å². The van der Waals surface area contributed by atoms with E-state index in [0.29, 0.717) is 25.1 Å². The summed E-state index contributed by atoms with van der Waals surface area (Å²) < 4.78 is 12.3. The number of alkyl halides is 1. The molecule has 0 spiro atoms. The number of aryl methyl sites for hydroxylation is 6. The van der Waals surface area contributed by atoms with E-state index in [-0.39, 0.29) is 11.9 Å². The van der Waals surface area contributed by atoms with Gasteiger partial charge in [-0.3, -0.25) is 14.4 Å². The number of tetrazole rings is 1. The molecular weight excluding hydrogens is 697 g/mol. The van der Waals surface area contributed by atoms with E-state index in [4.69, 9.17) is 33.0 Å². The number of aromatic nitrogens is 8. The molecule has 1 aliphatic rings.